The molecule has 0 spiro atoms. The average molecular weight is 342 g/mol. The van der Waals surface area contributed by atoms with Crippen LogP contribution >= 0.6 is 0 Å². The number of aromatic nitrogens is 4. The third-order valence-corrected chi connectivity index (χ3v) is 4.55. The maximum Gasteiger partial charge on any atom is 0.453 e. The number of rotatable bonds is 2. The number of hydrogen-bond acceptors (Lipinski definition) is 6. The van der Waals surface area contributed by atoms with E-state index in [1.54, 1.807) is 6.07 Å². The Morgan fingerprint density at radius 1 is 1.08 bits per heavy atom. The quantitative estimate of drug-likeness (QED) is 0.813. The lowest BCUT2D eigenvalue weighted by molar-refractivity contribution is -0.146. The smallest absolute Gasteiger partial charge is 0.379 e. The molecule has 0 amide bonds. The van der Waals surface area contributed by atoms with Gasteiger partial charge < -0.3 is 9.64 Å². The van der Waals surface area contributed by atoms with Crippen LogP contribution in [0.3, 0.4) is 0 Å². The van der Waals surface area contributed by atoms with Gasteiger partial charge >= 0.3 is 6.18 Å². The maximum absolute atomic E-state index is 13.0. The van der Waals surface area contributed by atoms with Crippen LogP contribution in [0.4, 0.5) is 19.0 Å². The van der Waals surface area contributed by atoms with Crippen LogP contribution in [0.25, 0.3) is 5.65 Å². The van der Waals surface area contributed by atoms with Gasteiger partial charge in [-0.2, -0.15) is 17.7 Å². The maximum atomic E-state index is 13.0. The van der Waals surface area contributed by atoms with Gasteiger partial charge in [-0.1, -0.05) is 0 Å². The molecule has 1 unspecified atom stereocenters. The molecule has 0 aromatic carbocycles. The van der Waals surface area contributed by atoms with E-state index in [2.05, 4.69) is 20.2 Å². The van der Waals surface area contributed by atoms with Crippen molar-refractivity contribution in [1.29, 1.82) is 0 Å². The van der Waals surface area contributed by atoms with E-state index < -0.39 is 12.0 Å². The first-order valence-corrected chi connectivity index (χ1v) is 7.89. The van der Waals surface area contributed by atoms with Crippen molar-refractivity contribution in [2.75, 3.05) is 44.3 Å². The minimum absolute atomic E-state index is 0.0926. The summed E-state index contributed by atoms with van der Waals surface area (Å²) in [5, 5.41) is 10.9. The van der Waals surface area contributed by atoms with Crippen LogP contribution < -0.4 is 4.90 Å². The highest BCUT2D eigenvalue weighted by atomic mass is 19.4. The lowest BCUT2D eigenvalue weighted by Gasteiger charge is -2.32. The first-order valence-electron chi connectivity index (χ1n) is 7.89. The fourth-order valence-corrected chi connectivity index (χ4v) is 3.32. The van der Waals surface area contributed by atoms with Gasteiger partial charge in [0.25, 0.3) is 5.82 Å². The molecule has 0 bridgehead atoms. The molecule has 0 aliphatic carbocycles. The van der Waals surface area contributed by atoms with E-state index in [0.29, 0.717) is 11.9 Å². The van der Waals surface area contributed by atoms with Crippen LogP contribution in [0.2, 0.25) is 0 Å². The van der Waals surface area contributed by atoms with Crippen molar-refractivity contribution in [2.24, 2.45) is 0 Å². The zero-order chi connectivity index (χ0) is 16.7. The third-order valence-electron chi connectivity index (χ3n) is 4.55. The lowest BCUT2D eigenvalue weighted by atomic mass is 10.2. The van der Waals surface area contributed by atoms with Gasteiger partial charge in [0.05, 0.1) is 13.2 Å². The fraction of sp³-hybridized carbons (Fsp3) is 0.643. The van der Waals surface area contributed by atoms with Gasteiger partial charge in [-0.15, -0.1) is 15.3 Å². The molecule has 2 saturated heterocycles. The molecular weight excluding hydrogens is 325 g/mol. The van der Waals surface area contributed by atoms with E-state index >= 15 is 0 Å². The van der Waals surface area contributed by atoms with Gasteiger partial charge in [0, 0.05) is 32.2 Å². The van der Waals surface area contributed by atoms with Crippen molar-refractivity contribution >= 4 is 11.5 Å². The highest BCUT2D eigenvalue weighted by Crippen LogP contribution is 2.28. The number of anilines is 1. The summed E-state index contributed by atoms with van der Waals surface area (Å²) < 4.78 is 45.0. The van der Waals surface area contributed by atoms with Crippen LogP contribution in [-0.4, -0.2) is 70.1 Å². The Hall–Kier alpha value is -1.94. The van der Waals surface area contributed by atoms with Crippen molar-refractivity contribution < 1.29 is 17.9 Å². The number of nitrogens with zero attached hydrogens (tertiary/aromatic N) is 6. The first kappa shape index (κ1) is 15.6. The fourth-order valence-electron chi connectivity index (χ4n) is 3.32. The molecule has 7 nitrogen and oxygen atoms in total. The largest absolute Gasteiger partial charge is 0.453 e. The summed E-state index contributed by atoms with van der Waals surface area (Å²) in [5.74, 6) is -0.577. The molecule has 2 aromatic heterocycles. The minimum atomic E-state index is -4.58. The Labute approximate surface area is 136 Å². The lowest BCUT2D eigenvalue weighted by Crippen LogP contribution is -2.44. The molecule has 0 saturated carbocycles. The summed E-state index contributed by atoms with van der Waals surface area (Å²) in [4.78, 5) is 4.39. The summed E-state index contributed by atoms with van der Waals surface area (Å²) in [7, 11) is 0. The second-order valence-electron chi connectivity index (χ2n) is 6.02. The number of halogens is 3. The normalized spacial score (nSPS) is 23.3. The van der Waals surface area contributed by atoms with Gasteiger partial charge in [0.2, 0.25) is 0 Å². The number of ether oxygens (including phenoxy) is 1. The molecule has 130 valence electrons. The molecule has 10 heteroatoms. The average Bonchev–Trinajstić information content (AvgIpc) is 3.21. The van der Waals surface area contributed by atoms with E-state index in [1.165, 1.54) is 6.07 Å². The zero-order valence-electron chi connectivity index (χ0n) is 12.9. The van der Waals surface area contributed by atoms with E-state index in [0.717, 1.165) is 50.3 Å². The standard InChI is InChI=1S/C14H17F3N6O/c15-14(16,17)13-19-18-11-1-2-12(20-23(11)13)22-4-3-10(9-22)21-5-7-24-8-6-21/h1-2,10H,3-9H2. The summed E-state index contributed by atoms with van der Waals surface area (Å²) in [6.45, 7) is 4.78. The van der Waals surface area contributed by atoms with Gasteiger partial charge in [-0.3, -0.25) is 4.90 Å². The van der Waals surface area contributed by atoms with Gasteiger partial charge in [-0.05, 0) is 18.6 Å². The zero-order valence-corrected chi connectivity index (χ0v) is 12.9. The summed E-state index contributed by atoms with van der Waals surface area (Å²) in [5.41, 5.74) is 0.0926. The molecule has 2 aromatic rings. The predicted octanol–water partition coefficient (Wildman–Crippen LogP) is 1.05. The Bertz CT molecular complexity index is 727. The van der Waals surface area contributed by atoms with Gasteiger partial charge in [0.15, 0.2) is 5.65 Å². The van der Waals surface area contributed by atoms with Gasteiger partial charge in [-0.25, -0.2) is 0 Å². The van der Waals surface area contributed by atoms with Crippen LogP contribution in [0, 0.1) is 0 Å². The molecule has 4 rings (SSSR count). The number of morpholine rings is 1. The van der Waals surface area contributed by atoms with E-state index in [-0.39, 0.29) is 5.65 Å². The Kier molecular flexibility index (Phi) is 3.80. The summed E-state index contributed by atoms with van der Waals surface area (Å²) in [6.07, 6.45) is -3.61. The Balaban J connectivity index is 1.56. The van der Waals surface area contributed by atoms with Crippen LogP contribution in [0.1, 0.15) is 12.2 Å². The molecule has 0 radical (unpaired) electrons. The molecule has 2 fully saturated rings. The molecule has 24 heavy (non-hydrogen) atoms. The van der Waals surface area contributed by atoms with Crippen molar-refractivity contribution in [3.05, 3.63) is 18.0 Å². The van der Waals surface area contributed by atoms with E-state index in [4.69, 9.17) is 4.74 Å². The van der Waals surface area contributed by atoms with Crippen LogP contribution in [-0.2, 0) is 10.9 Å². The van der Waals surface area contributed by atoms with E-state index in [1.807, 2.05) is 4.90 Å². The highest BCUT2D eigenvalue weighted by molar-refractivity contribution is 5.46. The van der Waals surface area contributed by atoms with Crippen molar-refractivity contribution in [3.8, 4) is 0 Å². The third kappa shape index (κ3) is 2.80. The molecule has 2 aliphatic heterocycles. The SMILES string of the molecule is FC(F)(F)c1nnc2ccc(N3CCC(N4CCOCC4)C3)nn12. The minimum Gasteiger partial charge on any atom is -0.379 e. The first-order chi connectivity index (χ1) is 11.5. The summed E-state index contributed by atoms with van der Waals surface area (Å²) >= 11 is 0. The highest BCUT2D eigenvalue weighted by Gasteiger charge is 2.38. The number of hydrogen-bond donors (Lipinski definition) is 0. The second-order valence-corrected chi connectivity index (χ2v) is 6.02. The molecule has 1 atom stereocenters. The molecule has 4 heterocycles. The monoisotopic (exact) mass is 342 g/mol. The topological polar surface area (TPSA) is 58.8 Å². The van der Waals surface area contributed by atoms with Crippen molar-refractivity contribution in [2.45, 2.75) is 18.6 Å². The molecule has 0 N–H and O–H groups in total. The summed E-state index contributed by atoms with van der Waals surface area (Å²) in [6, 6.07) is 3.60. The molecular formula is C14H17F3N6O. The predicted molar refractivity (Wildman–Crippen MR) is 78.8 cm³/mol. The number of fused-ring (bicyclic) bond motifs is 1. The Morgan fingerprint density at radius 3 is 2.62 bits per heavy atom. The van der Waals surface area contributed by atoms with Gasteiger partial charge in [0.1, 0.15) is 5.82 Å². The van der Waals surface area contributed by atoms with Crippen LogP contribution in [0.5, 0.6) is 0 Å². The number of alkyl halides is 3. The Morgan fingerprint density at radius 2 is 1.88 bits per heavy atom. The second kappa shape index (κ2) is 5.85. The molecule has 2 aliphatic rings. The van der Waals surface area contributed by atoms with Crippen molar-refractivity contribution in [3.63, 3.8) is 0 Å². The van der Waals surface area contributed by atoms with Crippen LogP contribution in [0.15, 0.2) is 12.1 Å². The van der Waals surface area contributed by atoms with E-state index in [9.17, 15) is 13.2 Å². The van der Waals surface area contributed by atoms with Crippen molar-refractivity contribution in [1.82, 2.24) is 24.7 Å².